The van der Waals surface area contributed by atoms with Crippen LogP contribution in [0.5, 0.6) is 0 Å². The number of aliphatic carboxylic acids is 1. The fourth-order valence-electron chi connectivity index (χ4n) is 5.53. The molecule has 1 fully saturated rings. The van der Waals surface area contributed by atoms with Crippen LogP contribution in [-0.4, -0.2) is 72.6 Å². The SMILES string of the molecule is CC(C)(C)OC(=O)N1CCN(c2ccc(C[C@H](NC(=O)OCC3c4ccccc4-c4ccccc43)C(=O)O)cc2)CC1. The van der Waals surface area contributed by atoms with Crippen LogP contribution in [0.25, 0.3) is 11.1 Å². The predicted octanol–water partition coefficient (Wildman–Crippen LogP) is 5.28. The van der Waals surface area contributed by atoms with E-state index < -0.39 is 23.7 Å². The van der Waals surface area contributed by atoms with Gasteiger partial charge in [-0.25, -0.2) is 14.4 Å². The van der Waals surface area contributed by atoms with Crippen molar-refractivity contribution >= 4 is 23.8 Å². The largest absolute Gasteiger partial charge is 0.480 e. The lowest BCUT2D eigenvalue weighted by Crippen LogP contribution is -2.50. The van der Waals surface area contributed by atoms with E-state index >= 15 is 0 Å². The highest BCUT2D eigenvalue weighted by atomic mass is 16.6. The highest BCUT2D eigenvalue weighted by molar-refractivity contribution is 5.81. The number of hydrogen-bond acceptors (Lipinski definition) is 6. The van der Waals surface area contributed by atoms with Crippen molar-refractivity contribution < 1.29 is 29.0 Å². The summed E-state index contributed by atoms with van der Waals surface area (Å²) in [6.45, 7) is 8.12. The Morgan fingerprint density at radius 2 is 1.45 bits per heavy atom. The highest BCUT2D eigenvalue weighted by Crippen LogP contribution is 2.44. The van der Waals surface area contributed by atoms with Crippen LogP contribution in [0, 0.1) is 0 Å². The smallest absolute Gasteiger partial charge is 0.410 e. The lowest BCUT2D eigenvalue weighted by atomic mass is 9.98. The molecule has 3 aromatic carbocycles. The van der Waals surface area contributed by atoms with Crippen LogP contribution in [0.1, 0.15) is 43.4 Å². The molecule has 0 radical (unpaired) electrons. The second kappa shape index (κ2) is 12.1. The number of piperazine rings is 1. The molecule has 0 unspecified atom stereocenters. The minimum Gasteiger partial charge on any atom is -0.480 e. The molecule has 2 N–H and O–H groups in total. The third-order valence-electron chi connectivity index (χ3n) is 7.61. The van der Waals surface area contributed by atoms with Crippen molar-refractivity contribution in [3.63, 3.8) is 0 Å². The second-order valence-electron chi connectivity index (χ2n) is 11.7. The molecule has 2 aliphatic rings. The van der Waals surface area contributed by atoms with Crippen molar-refractivity contribution in [3.05, 3.63) is 89.5 Å². The molecule has 9 heteroatoms. The molecule has 5 rings (SSSR count). The summed E-state index contributed by atoms with van der Waals surface area (Å²) in [6.07, 6.45) is -0.948. The van der Waals surface area contributed by atoms with Crippen LogP contribution in [-0.2, 0) is 20.7 Å². The summed E-state index contributed by atoms with van der Waals surface area (Å²) in [5.41, 5.74) is 5.66. The molecule has 42 heavy (non-hydrogen) atoms. The zero-order chi connectivity index (χ0) is 29.9. The molecule has 2 amide bonds. The van der Waals surface area contributed by atoms with Crippen molar-refractivity contribution in [1.29, 1.82) is 0 Å². The van der Waals surface area contributed by atoms with E-state index in [1.807, 2.05) is 81.4 Å². The van der Waals surface area contributed by atoms with Gasteiger partial charge in [0, 0.05) is 44.2 Å². The number of hydrogen-bond donors (Lipinski definition) is 2. The number of carboxylic acids is 1. The molecule has 3 aromatic rings. The Hall–Kier alpha value is -4.53. The van der Waals surface area contributed by atoms with Gasteiger partial charge in [-0.3, -0.25) is 0 Å². The van der Waals surface area contributed by atoms with E-state index in [-0.39, 0.29) is 25.0 Å². The summed E-state index contributed by atoms with van der Waals surface area (Å²) in [4.78, 5) is 40.9. The first-order valence-electron chi connectivity index (χ1n) is 14.2. The van der Waals surface area contributed by atoms with Crippen LogP contribution < -0.4 is 10.2 Å². The maximum Gasteiger partial charge on any atom is 0.410 e. The van der Waals surface area contributed by atoms with Gasteiger partial charge >= 0.3 is 18.2 Å². The van der Waals surface area contributed by atoms with E-state index in [1.54, 1.807) is 4.90 Å². The van der Waals surface area contributed by atoms with Crippen molar-refractivity contribution in [2.24, 2.45) is 0 Å². The second-order valence-corrected chi connectivity index (χ2v) is 11.7. The quantitative estimate of drug-likeness (QED) is 0.397. The zero-order valence-corrected chi connectivity index (χ0v) is 24.2. The Kier molecular flexibility index (Phi) is 8.38. The average Bonchev–Trinajstić information content (AvgIpc) is 3.29. The van der Waals surface area contributed by atoms with Gasteiger partial charge in [-0.1, -0.05) is 60.7 Å². The maximum absolute atomic E-state index is 12.7. The minimum absolute atomic E-state index is 0.107. The number of carbonyl (C=O) groups is 3. The standard InChI is InChI=1S/C33H37N3O6/c1-33(2,3)42-32(40)36-18-16-35(17-19-36)23-14-12-22(13-15-23)20-29(30(37)38)34-31(39)41-21-28-26-10-6-4-8-24(26)25-9-5-7-11-27(25)28/h4-15,28-29H,16-21H2,1-3H3,(H,34,39)(H,37,38)/t29-/m0/s1. The van der Waals surface area contributed by atoms with E-state index in [2.05, 4.69) is 22.3 Å². The Balaban J connectivity index is 1.14. The van der Waals surface area contributed by atoms with Gasteiger partial charge in [0.2, 0.25) is 0 Å². The number of ether oxygens (including phenoxy) is 2. The Labute approximate surface area is 246 Å². The van der Waals surface area contributed by atoms with Gasteiger partial charge in [-0.05, 0) is 60.7 Å². The molecule has 0 saturated carbocycles. The number of carbonyl (C=O) groups excluding carboxylic acids is 2. The third kappa shape index (κ3) is 6.67. The monoisotopic (exact) mass is 571 g/mol. The van der Waals surface area contributed by atoms with Crippen molar-refractivity contribution in [3.8, 4) is 11.1 Å². The van der Waals surface area contributed by atoms with Gasteiger partial charge in [0.25, 0.3) is 0 Å². The first kappa shape index (κ1) is 29.0. The van der Waals surface area contributed by atoms with E-state index in [1.165, 1.54) is 0 Å². The molecule has 1 aliphatic carbocycles. The molecular weight excluding hydrogens is 534 g/mol. The summed E-state index contributed by atoms with van der Waals surface area (Å²) in [5.74, 6) is -1.24. The molecule has 9 nitrogen and oxygen atoms in total. The summed E-state index contributed by atoms with van der Waals surface area (Å²) in [6, 6.07) is 22.6. The number of fused-ring (bicyclic) bond motifs is 3. The maximum atomic E-state index is 12.7. The number of nitrogens with one attached hydrogen (secondary N) is 1. The van der Waals surface area contributed by atoms with Crippen LogP contribution in [0.4, 0.5) is 15.3 Å². The fourth-order valence-corrected chi connectivity index (χ4v) is 5.53. The molecular formula is C33H37N3O6. The molecule has 1 aliphatic heterocycles. The first-order chi connectivity index (χ1) is 20.1. The van der Waals surface area contributed by atoms with Crippen LogP contribution in [0.2, 0.25) is 0 Å². The molecule has 1 atom stereocenters. The summed E-state index contributed by atoms with van der Waals surface area (Å²) >= 11 is 0. The number of anilines is 1. The van der Waals surface area contributed by atoms with Crippen LogP contribution in [0.15, 0.2) is 72.8 Å². The number of benzene rings is 3. The summed E-state index contributed by atoms with van der Waals surface area (Å²) in [7, 11) is 0. The first-order valence-corrected chi connectivity index (χ1v) is 14.2. The number of rotatable bonds is 7. The third-order valence-corrected chi connectivity index (χ3v) is 7.61. The zero-order valence-electron chi connectivity index (χ0n) is 24.2. The Morgan fingerprint density at radius 3 is 2.00 bits per heavy atom. The fraction of sp³-hybridized carbons (Fsp3) is 0.364. The lowest BCUT2D eigenvalue weighted by Gasteiger charge is -2.36. The summed E-state index contributed by atoms with van der Waals surface area (Å²) < 4.78 is 11.0. The number of carboxylic acid groups (broad SMARTS) is 1. The van der Waals surface area contributed by atoms with Crippen molar-refractivity contribution in [2.75, 3.05) is 37.7 Å². The number of nitrogens with zero attached hydrogens (tertiary/aromatic N) is 2. The average molecular weight is 572 g/mol. The van der Waals surface area contributed by atoms with Gasteiger partial charge in [0.15, 0.2) is 0 Å². The molecule has 0 aromatic heterocycles. The van der Waals surface area contributed by atoms with E-state index in [0.29, 0.717) is 26.2 Å². The Morgan fingerprint density at radius 1 is 0.881 bits per heavy atom. The number of amides is 2. The molecule has 1 saturated heterocycles. The van der Waals surface area contributed by atoms with Crippen LogP contribution >= 0.6 is 0 Å². The van der Waals surface area contributed by atoms with Crippen molar-refractivity contribution in [2.45, 2.75) is 44.8 Å². The number of alkyl carbamates (subject to hydrolysis) is 1. The molecule has 220 valence electrons. The van der Waals surface area contributed by atoms with Gasteiger partial charge in [-0.15, -0.1) is 0 Å². The van der Waals surface area contributed by atoms with Crippen molar-refractivity contribution in [1.82, 2.24) is 10.2 Å². The van der Waals surface area contributed by atoms with E-state index in [0.717, 1.165) is 33.5 Å². The topological polar surface area (TPSA) is 108 Å². The Bertz CT molecular complexity index is 1400. The molecule has 0 spiro atoms. The van der Waals surface area contributed by atoms with E-state index in [9.17, 15) is 19.5 Å². The van der Waals surface area contributed by atoms with Gasteiger partial charge < -0.3 is 29.7 Å². The molecule has 0 bridgehead atoms. The predicted molar refractivity (Wildman–Crippen MR) is 160 cm³/mol. The van der Waals surface area contributed by atoms with Gasteiger partial charge in [-0.2, -0.15) is 0 Å². The highest BCUT2D eigenvalue weighted by Gasteiger charge is 2.30. The molecule has 1 heterocycles. The van der Waals surface area contributed by atoms with E-state index in [4.69, 9.17) is 9.47 Å². The van der Waals surface area contributed by atoms with Gasteiger partial charge in [0.1, 0.15) is 18.2 Å². The normalized spacial score (nSPS) is 15.4. The van der Waals surface area contributed by atoms with Crippen LogP contribution in [0.3, 0.4) is 0 Å². The summed E-state index contributed by atoms with van der Waals surface area (Å²) in [5, 5.41) is 12.3. The lowest BCUT2D eigenvalue weighted by molar-refractivity contribution is -0.139. The minimum atomic E-state index is -1.14. The van der Waals surface area contributed by atoms with Gasteiger partial charge in [0.05, 0.1) is 0 Å².